The first-order valence-corrected chi connectivity index (χ1v) is 8.62. The maximum atomic E-state index is 13.9. The van der Waals surface area contributed by atoms with Crippen LogP contribution < -0.4 is 10.6 Å². The van der Waals surface area contributed by atoms with E-state index in [-0.39, 0.29) is 18.3 Å². The summed E-state index contributed by atoms with van der Waals surface area (Å²) in [6.07, 6.45) is 0. The second-order valence-corrected chi connectivity index (χ2v) is 6.24. The lowest BCUT2D eigenvalue weighted by Gasteiger charge is -2.10. The second kappa shape index (κ2) is 8.89. The zero-order valence-electron chi connectivity index (χ0n) is 14.8. The fourth-order valence-electron chi connectivity index (χ4n) is 2.89. The highest BCUT2D eigenvalue weighted by Crippen LogP contribution is 2.17. The first-order valence-electron chi connectivity index (χ1n) is 8.62. The Hall–Kier alpha value is -2.28. The first kappa shape index (κ1) is 18.5. The average molecular weight is 358 g/mol. The van der Waals surface area contributed by atoms with Gasteiger partial charge in [0.1, 0.15) is 5.82 Å². The molecule has 0 radical (unpaired) electrons. The third-order valence-electron chi connectivity index (χ3n) is 4.35. The molecule has 0 aliphatic carbocycles. The van der Waals surface area contributed by atoms with Crippen LogP contribution in [0.1, 0.15) is 32.6 Å². The highest BCUT2D eigenvalue weighted by atomic mass is 19.1. The quantitative estimate of drug-likeness (QED) is 0.712. The molecule has 6 heteroatoms. The molecule has 1 amide bonds. The number of fused-ring (bicyclic) bond motifs is 1. The van der Waals surface area contributed by atoms with Crippen LogP contribution in [0.5, 0.6) is 0 Å². The van der Waals surface area contributed by atoms with Gasteiger partial charge in [-0.1, -0.05) is 18.2 Å². The monoisotopic (exact) mass is 358 g/mol. The Bertz CT molecular complexity index is 780. The summed E-state index contributed by atoms with van der Waals surface area (Å²) >= 11 is 0. The van der Waals surface area contributed by atoms with Gasteiger partial charge in [-0.3, -0.25) is 4.79 Å². The van der Waals surface area contributed by atoms with Gasteiger partial charge in [-0.05, 0) is 34.9 Å². The van der Waals surface area contributed by atoms with Crippen LogP contribution in [0.3, 0.4) is 0 Å². The minimum absolute atomic E-state index is 0.105. The van der Waals surface area contributed by atoms with E-state index >= 15 is 0 Å². The molecular weight excluding hydrogens is 335 g/mol. The van der Waals surface area contributed by atoms with Crippen LogP contribution in [0.15, 0.2) is 36.4 Å². The van der Waals surface area contributed by atoms with Crippen molar-refractivity contribution >= 4 is 5.91 Å². The summed E-state index contributed by atoms with van der Waals surface area (Å²) in [5, 5.41) is 6.19. The summed E-state index contributed by atoms with van der Waals surface area (Å²) in [7, 11) is 1.58. The molecular formula is C20H23FN2O3. The minimum Gasteiger partial charge on any atom is -0.382 e. The number of hydrogen-bond donors (Lipinski definition) is 2. The molecule has 2 aromatic rings. The summed E-state index contributed by atoms with van der Waals surface area (Å²) in [4.78, 5) is 12.4. The Balaban J connectivity index is 1.58. The summed E-state index contributed by atoms with van der Waals surface area (Å²) < 4.78 is 24.1. The van der Waals surface area contributed by atoms with E-state index in [1.807, 2.05) is 6.07 Å². The van der Waals surface area contributed by atoms with Gasteiger partial charge >= 0.3 is 0 Å². The van der Waals surface area contributed by atoms with E-state index < -0.39 is 0 Å². The molecule has 0 unspecified atom stereocenters. The maximum Gasteiger partial charge on any atom is 0.251 e. The zero-order chi connectivity index (χ0) is 18.4. The molecule has 5 nitrogen and oxygen atoms in total. The number of benzene rings is 2. The van der Waals surface area contributed by atoms with Crippen LogP contribution in [0.2, 0.25) is 0 Å². The Labute approximate surface area is 152 Å². The smallest absolute Gasteiger partial charge is 0.251 e. The van der Waals surface area contributed by atoms with Crippen molar-refractivity contribution in [1.82, 2.24) is 10.6 Å². The predicted molar refractivity (Wildman–Crippen MR) is 96.1 cm³/mol. The lowest BCUT2D eigenvalue weighted by Crippen LogP contribution is -2.23. The molecule has 2 aromatic carbocycles. The molecule has 1 aliphatic heterocycles. The molecule has 2 N–H and O–H groups in total. The molecule has 0 saturated heterocycles. The van der Waals surface area contributed by atoms with E-state index in [1.165, 1.54) is 29.3 Å². The lowest BCUT2D eigenvalue weighted by molar-refractivity contribution is 0.0604. The van der Waals surface area contributed by atoms with E-state index in [2.05, 4.69) is 22.8 Å². The molecule has 0 atom stereocenters. The number of carbonyl (C=O) groups is 1. The van der Waals surface area contributed by atoms with Gasteiger partial charge in [0.25, 0.3) is 5.91 Å². The number of rotatable bonds is 8. The average Bonchev–Trinajstić information content (AvgIpc) is 3.12. The van der Waals surface area contributed by atoms with E-state index in [1.54, 1.807) is 7.11 Å². The predicted octanol–water partition coefficient (Wildman–Crippen LogP) is 2.52. The number of amides is 1. The summed E-state index contributed by atoms with van der Waals surface area (Å²) in [6.45, 7) is 3.11. The normalized spacial score (nSPS) is 12.8. The van der Waals surface area contributed by atoms with Gasteiger partial charge in [0.15, 0.2) is 0 Å². The zero-order valence-corrected chi connectivity index (χ0v) is 14.8. The van der Waals surface area contributed by atoms with E-state index in [4.69, 9.17) is 9.47 Å². The Morgan fingerprint density at radius 2 is 2.00 bits per heavy atom. The van der Waals surface area contributed by atoms with Crippen LogP contribution in [0.25, 0.3) is 0 Å². The topological polar surface area (TPSA) is 59.6 Å². The van der Waals surface area contributed by atoms with E-state index in [0.717, 1.165) is 18.7 Å². The fraction of sp³-hybridized carbons (Fsp3) is 0.350. The number of hydrogen-bond acceptors (Lipinski definition) is 4. The number of halogens is 1. The van der Waals surface area contributed by atoms with Crippen LogP contribution in [0.4, 0.5) is 4.39 Å². The number of methoxy groups -OCH3 is 1. The molecule has 1 heterocycles. The lowest BCUT2D eigenvalue weighted by atomic mass is 10.1. The van der Waals surface area contributed by atoms with Crippen molar-refractivity contribution in [2.75, 3.05) is 20.3 Å². The molecule has 138 valence electrons. The largest absolute Gasteiger partial charge is 0.382 e. The highest BCUT2D eigenvalue weighted by molar-refractivity contribution is 5.94. The Morgan fingerprint density at radius 1 is 1.15 bits per heavy atom. The molecule has 3 rings (SSSR count). The van der Waals surface area contributed by atoms with E-state index in [9.17, 15) is 9.18 Å². The SMILES string of the molecule is COCCOCc1cc(C(=O)NCc2ccc3c(c2)CNC3)ccc1F. The van der Waals surface area contributed by atoms with Gasteiger partial charge in [0.2, 0.25) is 0 Å². The van der Waals surface area contributed by atoms with Gasteiger partial charge in [0.05, 0.1) is 19.8 Å². The van der Waals surface area contributed by atoms with Gasteiger partial charge in [-0.15, -0.1) is 0 Å². The van der Waals surface area contributed by atoms with Gasteiger partial charge in [-0.2, -0.15) is 0 Å². The van der Waals surface area contributed by atoms with Crippen molar-refractivity contribution in [2.24, 2.45) is 0 Å². The molecule has 0 spiro atoms. The number of carbonyl (C=O) groups excluding carboxylic acids is 1. The molecule has 26 heavy (non-hydrogen) atoms. The van der Waals surface area contributed by atoms with Crippen molar-refractivity contribution in [1.29, 1.82) is 0 Å². The van der Waals surface area contributed by atoms with Crippen LogP contribution in [-0.2, 0) is 35.7 Å². The van der Waals surface area contributed by atoms with Crippen molar-refractivity contribution in [3.8, 4) is 0 Å². The molecule has 1 aliphatic rings. The summed E-state index contributed by atoms with van der Waals surface area (Å²) in [6, 6.07) is 10.5. The van der Waals surface area contributed by atoms with Crippen molar-refractivity contribution in [3.63, 3.8) is 0 Å². The summed E-state index contributed by atoms with van der Waals surface area (Å²) in [5.41, 5.74) is 4.40. The minimum atomic E-state index is -0.384. The van der Waals surface area contributed by atoms with Crippen molar-refractivity contribution in [3.05, 3.63) is 70.0 Å². The third-order valence-corrected chi connectivity index (χ3v) is 4.35. The van der Waals surface area contributed by atoms with Crippen LogP contribution in [-0.4, -0.2) is 26.2 Å². The molecule has 0 fully saturated rings. The molecule has 0 aromatic heterocycles. The third kappa shape index (κ3) is 4.66. The first-order chi connectivity index (χ1) is 12.7. The van der Waals surface area contributed by atoms with Gasteiger partial charge in [-0.25, -0.2) is 4.39 Å². The molecule has 0 saturated carbocycles. The van der Waals surface area contributed by atoms with Gasteiger partial charge < -0.3 is 20.1 Å². The molecule has 0 bridgehead atoms. The van der Waals surface area contributed by atoms with E-state index in [0.29, 0.717) is 30.9 Å². The maximum absolute atomic E-state index is 13.9. The Morgan fingerprint density at radius 3 is 2.85 bits per heavy atom. The Kier molecular flexibility index (Phi) is 6.33. The summed E-state index contributed by atoms with van der Waals surface area (Å²) in [5.74, 6) is -0.619. The standard InChI is InChI=1S/C20H23FN2O3/c1-25-6-7-26-13-18-9-15(4-5-19(18)21)20(24)23-10-14-2-3-16-11-22-12-17(16)8-14/h2-5,8-9,22H,6-7,10-13H2,1H3,(H,23,24). The second-order valence-electron chi connectivity index (χ2n) is 6.24. The van der Waals surface area contributed by atoms with Crippen molar-refractivity contribution < 1.29 is 18.7 Å². The van der Waals surface area contributed by atoms with Gasteiger partial charge in [0, 0.05) is 37.9 Å². The highest BCUT2D eigenvalue weighted by Gasteiger charge is 2.12. The van der Waals surface area contributed by atoms with Crippen LogP contribution >= 0.6 is 0 Å². The number of nitrogens with one attached hydrogen (secondary N) is 2. The fourth-order valence-corrected chi connectivity index (χ4v) is 2.89. The number of ether oxygens (including phenoxy) is 2. The van der Waals surface area contributed by atoms with Crippen LogP contribution in [0, 0.1) is 5.82 Å². The van der Waals surface area contributed by atoms with Crippen molar-refractivity contribution in [2.45, 2.75) is 26.2 Å².